The molecule has 4 rings (SSSR count). The lowest BCUT2D eigenvalue weighted by Crippen LogP contribution is -2.36. The van der Waals surface area contributed by atoms with Gasteiger partial charge in [0.1, 0.15) is 29.7 Å². The van der Waals surface area contributed by atoms with E-state index in [2.05, 4.69) is 19.9 Å². The summed E-state index contributed by atoms with van der Waals surface area (Å²) in [7, 11) is 0. The van der Waals surface area contributed by atoms with Crippen LogP contribution in [0.15, 0.2) is 18.7 Å². The Morgan fingerprint density at radius 3 is 2.61 bits per heavy atom. The maximum atomic E-state index is 12.3. The van der Waals surface area contributed by atoms with E-state index < -0.39 is 5.60 Å². The summed E-state index contributed by atoms with van der Waals surface area (Å²) in [6, 6.07) is 0. The van der Waals surface area contributed by atoms with Crippen molar-refractivity contribution in [2.24, 2.45) is 0 Å². The molecule has 1 aliphatic rings. The van der Waals surface area contributed by atoms with Gasteiger partial charge in [-0.3, -0.25) is 0 Å². The van der Waals surface area contributed by atoms with Crippen LogP contribution in [-0.2, 0) is 11.3 Å². The molecule has 0 aliphatic carbocycles. The van der Waals surface area contributed by atoms with Gasteiger partial charge in [0, 0.05) is 31.9 Å². The number of carbonyl (C=O) groups excluding carboxylic acids is 1. The molecule has 1 atom stereocenters. The second-order valence-electron chi connectivity index (χ2n) is 8.50. The molecule has 0 N–H and O–H groups in total. The van der Waals surface area contributed by atoms with Crippen molar-refractivity contribution in [3.05, 3.63) is 24.5 Å². The predicted molar refractivity (Wildman–Crippen MR) is 114 cm³/mol. The molecule has 1 saturated heterocycles. The molecule has 164 valence electrons. The molecule has 31 heavy (non-hydrogen) atoms. The third-order valence-corrected chi connectivity index (χ3v) is 4.93. The number of hydrogen-bond acceptors (Lipinski definition) is 8. The highest BCUT2D eigenvalue weighted by molar-refractivity contribution is 5.81. The second-order valence-corrected chi connectivity index (χ2v) is 8.50. The molecule has 1 amide bonds. The van der Waals surface area contributed by atoms with Crippen LogP contribution in [0.3, 0.4) is 0 Å². The minimum absolute atomic E-state index is 0.191. The average molecular weight is 425 g/mol. The first kappa shape index (κ1) is 21.0. The third-order valence-electron chi connectivity index (χ3n) is 4.93. The van der Waals surface area contributed by atoms with Gasteiger partial charge < -0.3 is 18.9 Å². The number of amides is 1. The van der Waals surface area contributed by atoms with Crippen LogP contribution in [0.5, 0.6) is 5.88 Å². The number of imidazole rings is 1. The fourth-order valence-electron chi connectivity index (χ4n) is 3.50. The second kappa shape index (κ2) is 8.09. The van der Waals surface area contributed by atoms with Gasteiger partial charge in [-0.25, -0.2) is 24.7 Å². The van der Waals surface area contributed by atoms with Gasteiger partial charge in [0.15, 0.2) is 11.2 Å². The van der Waals surface area contributed by atoms with E-state index in [9.17, 15) is 4.79 Å². The Kier molecular flexibility index (Phi) is 5.47. The van der Waals surface area contributed by atoms with Crippen molar-refractivity contribution in [3.8, 4) is 17.3 Å². The first-order valence-electron chi connectivity index (χ1n) is 10.4. The van der Waals surface area contributed by atoms with E-state index in [1.807, 2.05) is 39.2 Å². The van der Waals surface area contributed by atoms with Gasteiger partial charge in [-0.05, 0) is 34.6 Å². The Balaban J connectivity index is 1.58. The number of nitrogens with zero attached hydrogens (tertiary/aromatic N) is 7. The highest BCUT2D eigenvalue weighted by atomic mass is 16.6. The summed E-state index contributed by atoms with van der Waals surface area (Å²) in [5, 5.41) is 0. The number of rotatable bonds is 4. The van der Waals surface area contributed by atoms with Crippen molar-refractivity contribution in [3.63, 3.8) is 0 Å². The largest absolute Gasteiger partial charge is 0.471 e. The molecule has 1 fully saturated rings. The van der Waals surface area contributed by atoms with E-state index in [1.165, 1.54) is 6.33 Å². The summed E-state index contributed by atoms with van der Waals surface area (Å²) in [5.74, 6) is 1.81. The molecule has 0 spiro atoms. The van der Waals surface area contributed by atoms with Crippen molar-refractivity contribution < 1.29 is 14.3 Å². The average Bonchev–Trinajstić information content (AvgIpc) is 3.32. The van der Waals surface area contributed by atoms with Crippen molar-refractivity contribution in [1.82, 2.24) is 34.4 Å². The van der Waals surface area contributed by atoms with E-state index in [0.29, 0.717) is 54.7 Å². The minimum Gasteiger partial charge on any atom is -0.471 e. The molecule has 0 saturated carbocycles. The lowest BCUT2D eigenvalue weighted by Gasteiger charge is -2.24. The minimum atomic E-state index is -0.530. The SMILES string of the molecule is CCn1c(-c2cnc(C)nc2)nc2c(O[C@H]3CCN(C(=O)OC(C)(C)C)C3)ncnc21. The zero-order valence-electron chi connectivity index (χ0n) is 18.5. The monoisotopic (exact) mass is 425 g/mol. The van der Waals surface area contributed by atoms with Gasteiger partial charge in [-0.1, -0.05) is 0 Å². The van der Waals surface area contributed by atoms with Crippen LogP contribution in [0, 0.1) is 6.92 Å². The Morgan fingerprint density at radius 2 is 1.94 bits per heavy atom. The van der Waals surface area contributed by atoms with Crippen LogP contribution in [0.2, 0.25) is 0 Å². The smallest absolute Gasteiger partial charge is 0.410 e. The molecule has 4 heterocycles. The maximum absolute atomic E-state index is 12.3. The molecule has 0 aromatic carbocycles. The van der Waals surface area contributed by atoms with Gasteiger partial charge in [0.25, 0.3) is 0 Å². The van der Waals surface area contributed by atoms with Crippen LogP contribution in [0.4, 0.5) is 4.79 Å². The highest BCUT2D eigenvalue weighted by Gasteiger charge is 2.32. The molecule has 3 aromatic rings. The van der Waals surface area contributed by atoms with Crippen molar-refractivity contribution in [2.75, 3.05) is 13.1 Å². The van der Waals surface area contributed by atoms with Crippen LogP contribution >= 0.6 is 0 Å². The van der Waals surface area contributed by atoms with E-state index in [-0.39, 0.29) is 12.2 Å². The number of aryl methyl sites for hydroxylation is 2. The summed E-state index contributed by atoms with van der Waals surface area (Å²) in [4.78, 5) is 36.0. The van der Waals surface area contributed by atoms with Crippen molar-refractivity contribution >= 4 is 17.3 Å². The van der Waals surface area contributed by atoms with Gasteiger partial charge in [0.05, 0.1) is 12.1 Å². The molecule has 10 heteroatoms. The number of fused-ring (bicyclic) bond motifs is 1. The maximum Gasteiger partial charge on any atom is 0.410 e. The quantitative estimate of drug-likeness (QED) is 0.628. The van der Waals surface area contributed by atoms with Gasteiger partial charge in [-0.2, -0.15) is 4.98 Å². The number of aromatic nitrogens is 6. The van der Waals surface area contributed by atoms with Crippen LogP contribution in [0.1, 0.15) is 39.9 Å². The molecule has 10 nitrogen and oxygen atoms in total. The van der Waals surface area contributed by atoms with Crippen LogP contribution < -0.4 is 4.74 Å². The third kappa shape index (κ3) is 4.42. The molecule has 3 aromatic heterocycles. The summed E-state index contributed by atoms with van der Waals surface area (Å²) in [5.41, 5.74) is 1.53. The summed E-state index contributed by atoms with van der Waals surface area (Å²) < 4.78 is 13.6. The number of carbonyl (C=O) groups is 1. The normalized spacial score (nSPS) is 16.7. The standard InChI is InChI=1S/C21H27N7O3/c1-6-28-17(14-9-22-13(2)23-10-14)26-16-18(28)24-12-25-19(16)30-15-7-8-27(11-15)20(29)31-21(3,4)5/h9-10,12,15H,6-8,11H2,1-5H3/t15-/m0/s1. The fraction of sp³-hybridized carbons (Fsp3) is 0.524. The Labute approximate surface area is 180 Å². The first-order valence-corrected chi connectivity index (χ1v) is 10.4. The Morgan fingerprint density at radius 1 is 1.19 bits per heavy atom. The van der Waals surface area contributed by atoms with Crippen molar-refractivity contribution in [2.45, 2.75) is 59.3 Å². The zero-order valence-corrected chi connectivity index (χ0v) is 18.5. The van der Waals surface area contributed by atoms with Gasteiger partial charge in [0.2, 0.25) is 5.88 Å². The topological polar surface area (TPSA) is 108 Å². The molecule has 0 bridgehead atoms. The molecular formula is C21H27N7O3. The summed E-state index contributed by atoms with van der Waals surface area (Å²) in [6.07, 6.45) is 5.14. The number of likely N-dealkylation sites (tertiary alicyclic amines) is 1. The van der Waals surface area contributed by atoms with Gasteiger partial charge >= 0.3 is 6.09 Å². The number of ether oxygens (including phenoxy) is 2. The summed E-state index contributed by atoms with van der Waals surface area (Å²) >= 11 is 0. The lowest BCUT2D eigenvalue weighted by atomic mass is 10.2. The van der Waals surface area contributed by atoms with Crippen LogP contribution in [-0.4, -0.2) is 65.3 Å². The first-order chi connectivity index (χ1) is 14.7. The molecule has 1 aliphatic heterocycles. The van der Waals surface area contributed by atoms with Crippen LogP contribution in [0.25, 0.3) is 22.6 Å². The van der Waals surface area contributed by atoms with E-state index in [4.69, 9.17) is 14.5 Å². The number of hydrogen-bond donors (Lipinski definition) is 0. The highest BCUT2D eigenvalue weighted by Crippen LogP contribution is 2.29. The molecule has 0 radical (unpaired) electrons. The van der Waals surface area contributed by atoms with E-state index >= 15 is 0 Å². The molecular weight excluding hydrogens is 398 g/mol. The predicted octanol–water partition coefficient (Wildman–Crippen LogP) is 3.00. The zero-order chi connectivity index (χ0) is 22.2. The fourth-order valence-corrected chi connectivity index (χ4v) is 3.50. The lowest BCUT2D eigenvalue weighted by molar-refractivity contribution is 0.0275. The van der Waals surface area contributed by atoms with Crippen molar-refractivity contribution in [1.29, 1.82) is 0 Å². The van der Waals surface area contributed by atoms with E-state index in [0.717, 1.165) is 5.56 Å². The summed E-state index contributed by atoms with van der Waals surface area (Å²) in [6.45, 7) is 11.1. The Hall–Kier alpha value is -3.30. The Bertz CT molecular complexity index is 1090. The van der Waals surface area contributed by atoms with E-state index in [1.54, 1.807) is 17.3 Å². The van der Waals surface area contributed by atoms with Gasteiger partial charge in [-0.15, -0.1) is 0 Å². The molecule has 0 unspecified atom stereocenters.